The summed E-state index contributed by atoms with van der Waals surface area (Å²) >= 11 is 0. The Kier molecular flexibility index (Phi) is 7.72. The van der Waals surface area contributed by atoms with Crippen molar-refractivity contribution >= 4 is 22.4 Å². The minimum atomic E-state index is -0.955. The monoisotopic (exact) mass is 326 g/mol. The van der Waals surface area contributed by atoms with Crippen molar-refractivity contribution < 1.29 is 13.7 Å². The quantitative estimate of drug-likeness (QED) is 0.716. The van der Waals surface area contributed by atoms with Crippen LogP contribution < -0.4 is 10.6 Å². The molecule has 0 heterocycles. The average Bonchev–Trinajstić information content (AvgIpc) is 2.43. The summed E-state index contributed by atoms with van der Waals surface area (Å²) in [5.74, 6) is 0.379. The molecule has 0 fully saturated rings. The van der Waals surface area contributed by atoms with Crippen LogP contribution in [0, 0.1) is 0 Å². The van der Waals surface area contributed by atoms with Crippen LogP contribution in [0.5, 0.6) is 0 Å². The van der Waals surface area contributed by atoms with E-state index in [1.54, 1.807) is 7.11 Å². The Morgan fingerprint density at radius 2 is 2.05 bits per heavy atom. The Balaban J connectivity index is 2.53. The van der Waals surface area contributed by atoms with Crippen LogP contribution in [0.1, 0.15) is 26.3 Å². The van der Waals surface area contributed by atoms with E-state index in [9.17, 15) is 9.00 Å². The lowest BCUT2D eigenvalue weighted by molar-refractivity contribution is -0.115. The fraction of sp³-hybridized carbons (Fsp3) is 0.562. The molecule has 124 valence electrons. The number of ether oxygens (including phenoxy) is 1. The fourth-order valence-electron chi connectivity index (χ4n) is 1.69. The van der Waals surface area contributed by atoms with Gasteiger partial charge >= 0.3 is 0 Å². The van der Waals surface area contributed by atoms with Gasteiger partial charge in [0, 0.05) is 40.6 Å². The van der Waals surface area contributed by atoms with Crippen molar-refractivity contribution in [2.45, 2.75) is 31.3 Å². The van der Waals surface area contributed by atoms with Crippen LogP contribution in [0.4, 0.5) is 5.69 Å². The Labute approximate surface area is 135 Å². The molecular weight excluding hydrogens is 300 g/mol. The molecule has 5 nitrogen and oxygen atoms in total. The third-order valence-electron chi connectivity index (χ3n) is 2.96. The lowest BCUT2D eigenvalue weighted by Gasteiger charge is -2.18. The highest BCUT2D eigenvalue weighted by Crippen LogP contribution is 2.18. The highest BCUT2D eigenvalue weighted by atomic mass is 32.2. The second kappa shape index (κ2) is 9.02. The molecule has 0 aromatic heterocycles. The van der Waals surface area contributed by atoms with E-state index < -0.39 is 10.8 Å². The molecule has 0 saturated carbocycles. The molecule has 1 aromatic carbocycles. The first kappa shape index (κ1) is 18.8. The van der Waals surface area contributed by atoms with Crippen molar-refractivity contribution in [2.75, 3.05) is 32.1 Å². The number of anilines is 1. The van der Waals surface area contributed by atoms with E-state index in [1.165, 1.54) is 0 Å². The zero-order valence-corrected chi connectivity index (χ0v) is 14.6. The molecule has 0 aliphatic rings. The molecule has 1 unspecified atom stereocenters. The van der Waals surface area contributed by atoms with E-state index >= 15 is 0 Å². The molecule has 1 rings (SSSR count). The third kappa shape index (κ3) is 7.15. The standard InChI is InChI=1S/C16H26N2O3S/c1-16(2,3)22(20)12-13-6-5-7-14(10-13)18-15(19)11-17-8-9-21-4/h5-7,10,17H,8-9,11-12H2,1-4H3,(H,18,19). The van der Waals surface area contributed by atoms with Crippen LogP contribution in [0.15, 0.2) is 24.3 Å². The summed E-state index contributed by atoms with van der Waals surface area (Å²) in [4.78, 5) is 11.8. The largest absolute Gasteiger partial charge is 0.383 e. The first-order valence-corrected chi connectivity index (χ1v) is 8.62. The maximum Gasteiger partial charge on any atom is 0.238 e. The van der Waals surface area contributed by atoms with Gasteiger partial charge in [-0.05, 0) is 38.5 Å². The molecule has 1 atom stereocenters. The van der Waals surface area contributed by atoms with Crippen LogP contribution in [-0.2, 0) is 26.1 Å². The third-order valence-corrected chi connectivity index (χ3v) is 4.92. The molecule has 0 aliphatic heterocycles. The van der Waals surface area contributed by atoms with E-state index in [0.717, 1.165) is 11.3 Å². The van der Waals surface area contributed by atoms with Crippen LogP contribution in [-0.4, -0.2) is 41.7 Å². The smallest absolute Gasteiger partial charge is 0.238 e. The molecule has 6 heteroatoms. The van der Waals surface area contributed by atoms with Crippen molar-refractivity contribution in [2.24, 2.45) is 0 Å². The number of amides is 1. The molecule has 0 spiro atoms. The summed E-state index contributed by atoms with van der Waals surface area (Å²) in [5.41, 5.74) is 1.68. The van der Waals surface area contributed by atoms with Gasteiger partial charge in [0.05, 0.1) is 13.2 Å². The van der Waals surface area contributed by atoms with Crippen LogP contribution >= 0.6 is 0 Å². The molecule has 0 bridgehead atoms. The van der Waals surface area contributed by atoms with Gasteiger partial charge in [-0.1, -0.05) is 12.1 Å². The topological polar surface area (TPSA) is 67.4 Å². The van der Waals surface area contributed by atoms with Crippen molar-refractivity contribution in [1.29, 1.82) is 0 Å². The SMILES string of the molecule is COCCNCC(=O)Nc1cccc(CS(=O)C(C)(C)C)c1. The molecule has 2 N–H and O–H groups in total. The van der Waals surface area contributed by atoms with Gasteiger partial charge in [0.1, 0.15) is 0 Å². The average molecular weight is 326 g/mol. The number of hydrogen-bond donors (Lipinski definition) is 2. The van der Waals surface area contributed by atoms with Crippen LogP contribution in [0.25, 0.3) is 0 Å². The maximum absolute atomic E-state index is 12.2. The number of carbonyl (C=O) groups is 1. The van der Waals surface area contributed by atoms with Gasteiger partial charge in [0.25, 0.3) is 0 Å². The zero-order chi connectivity index (χ0) is 16.6. The van der Waals surface area contributed by atoms with Gasteiger partial charge in [-0.3, -0.25) is 9.00 Å². The summed E-state index contributed by atoms with van der Waals surface area (Å²) in [6.45, 7) is 7.32. The Morgan fingerprint density at radius 1 is 1.32 bits per heavy atom. The van der Waals surface area contributed by atoms with Crippen LogP contribution in [0.2, 0.25) is 0 Å². The number of rotatable bonds is 8. The molecular formula is C16H26N2O3S. The van der Waals surface area contributed by atoms with E-state index in [1.807, 2.05) is 45.0 Å². The minimum Gasteiger partial charge on any atom is -0.383 e. The van der Waals surface area contributed by atoms with E-state index in [0.29, 0.717) is 18.9 Å². The predicted octanol–water partition coefficient (Wildman–Crippen LogP) is 1.91. The molecule has 0 saturated heterocycles. The number of methoxy groups -OCH3 is 1. The van der Waals surface area contributed by atoms with E-state index in [-0.39, 0.29) is 17.2 Å². The highest BCUT2D eigenvalue weighted by Gasteiger charge is 2.19. The number of benzene rings is 1. The molecule has 1 aromatic rings. The Bertz CT molecular complexity index is 512. The van der Waals surface area contributed by atoms with Gasteiger partial charge < -0.3 is 15.4 Å². The van der Waals surface area contributed by atoms with Gasteiger partial charge in [0.15, 0.2) is 0 Å². The van der Waals surface area contributed by atoms with Gasteiger partial charge in [0.2, 0.25) is 5.91 Å². The number of nitrogens with one attached hydrogen (secondary N) is 2. The summed E-state index contributed by atoms with van der Waals surface area (Å²) < 4.78 is 16.8. The number of hydrogen-bond acceptors (Lipinski definition) is 4. The van der Waals surface area contributed by atoms with E-state index in [2.05, 4.69) is 10.6 Å². The Morgan fingerprint density at radius 3 is 2.68 bits per heavy atom. The summed E-state index contributed by atoms with van der Waals surface area (Å²) in [7, 11) is 0.664. The van der Waals surface area contributed by atoms with Crippen molar-refractivity contribution in [1.82, 2.24) is 5.32 Å². The van der Waals surface area contributed by atoms with Crippen molar-refractivity contribution in [3.05, 3.63) is 29.8 Å². The maximum atomic E-state index is 12.2. The predicted molar refractivity (Wildman–Crippen MR) is 91.4 cm³/mol. The minimum absolute atomic E-state index is 0.106. The van der Waals surface area contributed by atoms with E-state index in [4.69, 9.17) is 4.74 Å². The Hall–Kier alpha value is -1.24. The number of carbonyl (C=O) groups excluding carboxylic acids is 1. The van der Waals surface area contributed by atoms with Crippen molar-refractivity contribution in [3.8, 4) is 0 Å². The molecule has 0 radical (unpaired) electrons. The first-order valence-electron chi connectivity index (χ1n) is 7.30. The summed E-state index contributed by atoms with van der Waals surface area (Å²) in [6.07, 6.45) is 0. The van der Waals surface area contributed by atoms with Crippen LogP contribution in [0.3, 0.4) is 0 Å². The summed E-state index contributed by atoms with van der Waals surface area (Å²) in [6, 6.07) is 7.49. The van der Waals surface area contributed by atoms with Crippen molar-refractivity contribution in [3.63, 3.8) is 0 Å². The molecule has 1 amide bonds. The highest BCUT2D eigenvalue weighted by molar-refractivity contribution is 7.85. The van der Waals surface area contributed by atoms with Gasteiger partial charge in [-0.25, -0.2) is 0 Å². The van der Waals surface area contributed by atoms with Gasteiger partial charge in [-0.15, -0.1) is 0 Å². The molecule has 22 heavy (non-hydrogen) atoms. The zero-order valence-electron chi connectivity index (χ0n) is 13.8. The first-order chi connectivity index (χ1) is 10.3. The second-order valence-corrected chi connectivity index (χ2v) is 8.22. The normalized spacial score (nSPS) is 12.9. The second-order valence-electron chi connectivity index (χ2n) is 6.02. The summed E-state index contributed by atoms with van der Waals surface area (Å²) in [5, 5.41) is 5.82. The molecule has 0 aliphatic carbocycles. The lowest BCUT2D eigenvalue weighted by atomic mass is 10.2. The lowest BCUT2D eigenvalue weighted by Crippen LogP contribution is -2.30. The van der Waals surface area contributed by atoms with Gasteiger partial charge in [-0.2, -0.15) is 0 Å². The fourth-order valence-corrected chi connectivity index (χ4v) is 2.60.